The molecule has 4 aromatic heterocycles. The molecule has 1 unspecified atom stereocenters. The molecule has 0 bridgehead atoms. The van der Waals surface area contributed by atoms with Crippen molar-refractivity contribution < 1.29 is 19.1 Å². The van der Waals surface area contributed by atoms with Crippen LogP contribution >= 0.6 is 45.9 Å². The monoisotopic (exact) mass is 845 g/mol. The molecule has 0 amide bonds. The van der Waals surface area contributed by atoms with Gasteiger partial charge in [-0.1, -0.05) is 56.3 Å². The van der Waals surface area contributed by atoms with Gasteiger partial charge in [0, 0.05) is 52.7 Å². The summed E-state index contributed by atoms with van der Waals surface area (Å²) in [6.45, 7) is 14.9. The number of hydrogen-bond donors (Lipinski definition) is 1. The van der Waals surface area contributed by atoms with Crippen LogP contribution in [0.5, 0.6) is 0 Å². The van der Waals surface area contributed by atoms with E-state index in [0.29, 0.717) is 13.2 Å². The first-order chi connectivity index (χ1) is 26.5. The van der Waals surface area contributed by atoms with Gasteiger partial charge in [-0.3, -0.25) is 9.59 Å². The summed E-state index contributed by atoms with van der Waals surface area (Å²) < 4.78 is 15.4. The van der Waals surface area contributed by atoms with Crippen molar-refractivity contribution in [3.05, 3.63) is 77.6 Å². The molecule has 0 aromatic carbocycles. The molecule has 1 saturated carbocycles. The molecule has 0 radical (unpaired) electrons. The van der Waals surface area contributed by atoms with Crippen LogP contribution in [0.2, 0.25) is 8.67 Å². The lowest BCUT2D eigenvalue weighted by Crippen LogP contribution is -2.41. The van der Waals surface area contributed by atoms with Crippen LogP contribution < -0.4 is 5.32 Å². The quantitative estimate of drug-likeness (QED) is 0.135. The molecule has 2 aliphatic rings. The molecule has 1 aliphatic heterocycles. The molecule has 1 N–H and O–H groups in total. The van der Waals surface area contributed by atoms with Crippen molar-refractivity contribution in [1.29, 1.82) is 0 Å². The summed E-state index contributed by atoms with van der Waals surface area (Å²) in [6.07, 6.45) is 11.5. The number of halogens is 2. The molecule has 5 heterocycles. The number of carbonyl (C=O) groups is 2. The average Bonchev–Trinajstić information content (AvgIpc) is 3.97. The Bertz CT molecular complexity index is 1780. The third-order valence-electron chi connectivity index (χ3n) is 11.4. The van der Waals surface area contributed by atoms with Crippen LogP contribution in [0.25, 0.3) is 0 Å². The topological polar surface area (TPSA) is 100 Å². The van der Waals surface area contributed by atoms with E-state index >= 15 is 0 Å². The van der Waals surface area contributed by atoms with Gasteiger partial charge >= 0.3 is 0 Å². The Hall–Kier alpha value is -2.38. The van der Waals surface area contributed by atoms with Gasteiger partial charge in [0.15, 0.2) is 0 Å². The van der Waals surface area contributed by atoms with Gasteiger partial charge in [-0.05, 0) is 122 Å². The minimum atomic E-state index is -0.634. The Morgan fingerprint density at radius 3 is 1.55 bits per heavy atom. The lowest BCUT2D eigenvalue weighted by Gasteiger charge is -2.32. The number of nitrogens with zero attached hydrogens (tertiary/aromatic N) is 4. The maximum Gasteiger partial charge on any atom is 0.255 e. The number of piperidine rings is 1. The second-order valence-corrected chi connectivity index (χ2v) is 21.1. The summed E-state index contributed by atoms with van der Waals surface area (Å²) >= 11 is 15.3. The molecule has 6 rings (SSSR count). The molecule has 2 fully saturated rings. The summed E-state index contributed by atoms with van der Waals surface area (Å²) in [4.78, 5) is 29.0. The predicted octanol–water partition coefficient (Wildman–Crippen LogP) is 10.3. The number of methoxy groups -OCH3 is 2. The van der Waals surface area contributed by atoms with Gasteiger partial charge in [0.25, 0.3) is 11.8 Å². The SMILES string of the molecule is COCC(C)(C)C(=O)n1nc(C2(C)CCCCC2)cc1CCc1ccc(Cl)s1.COCC(C)(C)C(=O)n1nc(C2(C)CCCNC2)cc1CCc1ccc(Cl)s1. The van der Waals surface area contributed by atoms with Crippen molar-refractivity contribution in [1.82, 2.24) is 24.9 Å². The van der Waals surface area contributed by atoms with Crippen LogP contribution in [0.3, 0.4) is 0 Å². The van der Waals surface area contributed by atoms with Crippen LogP contribution in [-0.2, 0) is 46.0 Å². The zero-order chi connectivity index (χ0) is 40.7. The molecule has 308 valence electrons. The van der Waals surface area contributed by atoms with Gasteiger partial charge in [-0.25, -0.2) is 9.36 Å². The fraction of sp³-hybridized carbons (Fsp3) is 0.628. The number of hydrogen-bond acceptors (Lipinski definition) is 9. The summed E-state index contributed by atoms with van der Waals surface area (Å²) in [7, 11) is 3.26. The maximum absolute atomic E-state index is 13.3. The smallest absolute Gasteiger partial charge is 0.255 e. The third-order valence-corrected chi connectivity index (χ3v) is 14.0. The minimum Gasteiger partial charge on any atom is -0.384 e. The molecule has 4 aromatic rings. The maximum atomic E-state index is 13.3. The summed E-state index contributed by atoms with van der Waals surface area (Å²) in [5.74, 6) is -0.0218. The molecule has 13 heteroatoms. The van der Waals surface area contributed by atoms with Gasteiger partial charge in [-0.15, -0.1) is 22.7 Å². The zero-order valence-electron chi connectivity index (χ0n) is 34.6. The summed E-state index contributed by atoms with van der Waals surface area (Å²) in [5.41, 5.74) is 2.78. The van der Waals surface area contributed by atoms with E-state index in [9.17, 15) is 9.59 Å². The van der Waals surface area contributed by atoms with Gasteiger partial charge in [0.1, 0.15) is 0 Å². The van der Waals surface area contributed by atoms with Gasteiger partial charge in [-0.2, -0.15) is 10.2 Å². The number of ether oxygens (including phenoxy) is 2. The van der Waals surface area contributed by atoms with Crippen molar-refractivity contribution in [2.75, 3.05) is 40.5 Å². The second kappa shape index (κ2) is 19.1. The molecular formula is C43H61Cl2N5O4S2. The lowest BCUT2D eigenvalue weighted by atomic mass is 9.73. The normalized spacial score (nSPS) is 18.8. The fourth-order valence-electron chi connectivity index (χ4n) is 7.89. The molecule has 1 atom stereocenters. The Morgan fingerprint density at radius 2 is 1.16 bits per heavy atom. The minimum absolute atomic E-state index is 0.000721. The molecule has 1 saturated heterocycles. The second-order valence-electron chi connectivity index (χ2n) is 17.5. The molecule has 9 nitrogen and oxygen atoms in total. The van der Waals surface area contributed by atoms with E-state index in [1.54, 1.807) is 46.3 Å². The standard InChI is InChI=1S/C22H31ClN2O2S.C21H30ClN3O2S/c1-21(2,15-27-4)20(26)25-16(8-9-17-10-11-19(23)28-17)14-18(24-25)22(3)12-6-5-7-13-22;1-20(2,14-27-4)19(26)25-15(6-7-16-8-9-18(22)28-16)12-17(24-25)21(3)10-5-11-23-13-21/h10-11,14H,5-9,12-13,15H2,1-4H3;8-9,12,23H,5-7,10-11,13-14H2,1-4H3. The highest BCUT2D eigenvalue weighted by atomic mass is 35.5. The highest BCUT2D eigenvalue weighted by Crippen LogP contribution is 2.39. The van der Waals surface area contributed by atoms with E-state index < -0.39 is 10.8 Å². The molecule has 0 spiro atoms. The Balaban J connectivity index is 0.000000214. The van der Waals surface area contributed by atoms with Gasteiger partial charge in [0.05, 0.1) is 44.1 Å². The van der Waals surface area contributed by atoms with Crippen LogP contribution in [0.4, 0.5) is 0 Å². The van der Waals surface area contributed by atoms with E-state index in [0.717, 1.165) is 95.9 Å². The fourth-order valence-corrected chi connectivity index (χ4v) is 10.1. The van der Waals surface area contributed by atoms with Crippen molar-refractivity contribution >= 4 is 57.7 Å². The highest BCUT2D eigenvalue weighted by molar-refractivity contribution is 7.16. The number of thiophene rings is 2. The first kappa shape index (κ1) is 44.7. The largest absolute Gasteiger partial charge is 0.384 e. The lowest BCUT2D eigenvalue weighted by molar-refractivity contribution is 0.0516. The van der Waals surface area contributed by atoms with Crippen LogP contribution in [-0.4, -0.2) is 71.9 Å². The van der Waals surface area contributed by atoms with Crippen LogP contribution in [0.15, 0.2) is 36.4 Å². The summed E-state index contributed by atoms with van der Waals surface area (Å²) in [6, 6.07) is 12.3. The van der Waals surface area contributed by atoms with Crippen molar-refractivity contribution in [2.45, 2.75) is 123 Å². The van der Waals surface area contributed by atoms with E-state index in [2.05, 4.69) is 43.4 Å². The number of aromatic nitrogens is 4. The van der Waals surface area contributed by atoms with E-state index in [1.165, 1.54) is 29.0 Å². The van der Waals surface area contributed by atoms with E-state index in [1.807, 2.05) is 39.8 Å². The number of nitrogens with one attached hydrogen (secondary N) is 1. The number of aryl methyl sites for hydroxylation is 4. The summed E-state index contributed by atoms with van der Waals surface area (Å²) in [5, 5.41) is 13.2. The van der Waals surface area contributed by atoms with Crippen LogP contribution in [0.1, 0.15) is 129 Å². The number of carbonyl (C=O) groups excluding carboxylic acids is 2. The number of rotatable bonds is 14. The van der Waals surface area contributed by atoms with Crippen molar-refractivity contribution in [3.8, 4) is 0 Å². The molecule has 56 heavy (non-hydrogen) atoms. The van der Waals surface area contributed by atoms with Crippen LogP contribution in [0, 0.1) is 10.8 Å². The van der Waals surface area contributed by atoms with E-state index in [-0.39, 0.29) is 22.6 Å². The van der Waals surface area contributed by atoms with Crippen molar-refractivity contribution in [3.63, 3.8) is 0 Å². The predicted molar refractivity (Wildman–Crippen MR) is 230 cm³/mol. The first-order valence-corrected chi connectivity index (χ1v) is 22.3. The molecule has 1 aliphatic carbocycles. The van der Waals surface area contributed by atoms with Gasteiger partial charge < -0.3 is 14.8 Å². The van der Waals surface area contributed by atoms with Gasteiger partial charge in [0.2, 0.25) is 0 Å². The first-order valence-electron chi connectivity index (χ1n) is 20.0. The average molecular weight is 847 g/mol. The van der Waals surface area contributed by atoms with Crippen molar-refractivity contribution in [2.24, 2.45) is 10.8 Å². The Morgan fingerprint density at radius 1 is 0.714 bits per heavy atom. The van der Waals surface area contributed by atoms with E-state index in [4.69, 9.17) is 42.9 Å². The highest BCUT2D eigenvalue weighted by Gasteiger charge is 2.37. The zero-order valence-corrected chi connectivity index (χ0v) is 37.7. The Kier molecular flexibility index (Phi) is 15.3. The Labute approximate surface area is 351 Å². The third kappa shape index (κ3) is 11.0. The molecular weight excluding hydrogens is 786 g/mol.